The Bertz CT molecular complexity index is 826. The Balaban J connectivity index is 1.87. The van der Waals surface area contributed by atoms with Crippen molar-refractivity contribution in [2.75, 3.05) is 14.2 Å². The average molecular weight is 346 g/mol. The Morgan fingerprint density at radius 3 is 2.28 bits per heavy atom. The summed E-state index contributed by atoms with van der Waals surface area (Å²) in [6, 6.07) is 9.61. The van der Waals surface area contributed by atoms with Gasteiger partial charge < -0.3 is 14.2 Å². The average Bonchev–Trinajstić information content (AvgIpc) is 2.90. The van der Waals surface area contributed by atoms with Gasteiger partial charge in [-0.05, 0) is 41.5 Å². The van der Waals surface area contributed by atoms with Gasteiger partial charge in [-0.3, -0.25) is 4.79 Å². The van der Waals surface area contributed by atoms with Gasteiger partial charge in [0.1, 0.15) is 5.75 Å². The molecule has 2 aromatic carbocycles. The van der Waals surface area contributed by atoms with Crippen LogP contribution >= 0.6 is 0 Å². The molecule has 0 atom stereocenters. The van der Waals surface area contributed by atoms with E-state index in [1.54, 1.807) is 37.5 Å². The molecule has 0 amide bonds. The number of ether oxygens (including phenoxy) is 3. The highest BCUT2D eigenvalue weighted by Crippen LogP contribution is 2.37. The standard InChI is InChI=1S/C19H16F2O4/c1-23-16-9-12-8-13(18(22)15(12)10-17(16)24-2)7-11-3-5-14(6-4-11)25-19(20)21/h3-7,9-10,19H,8H2,1-2H3. The van der Waals surface area contributed by atoms with Crippen molar-refractivity contribution in [2.24, 2.45) is 0 Å². The number of hydrogen-bond acceptors (Lipinski definition) is 4. The van der Waals surface area contributed by atoms with E-state index >= 15 is 0 Å². The summed E-state index contributed by atoms with van der Waals surface area (Å²) in [5.74, 6) is 1.07. The number of rotatable bonds is 5. The first-order chi connectivity index (χ1) is 12.0. The van der Waals surface area contributed by atoms with Crippen molar-refractivity contribution in [3.8, 4) is 17.2 Å². The number of ketones is 1. The summed E-state index contributed by atoms with van der Waals surface area (Å²) in [6.45, 7) is -2.86. The normalized spacial score (nSPS) is 14.8. The fraction of sp³-hybridized carbons (Fsp3) is 0.211. The first-order valence-electron chi connectivity index (χ1n) is 7.57. The van der Waals surface area contributed by atoms with Crippen LogP contribution in [0.1, 0.15) is 21.5 Å². The second-order valence-electron chi connectivity index (χ2n) is 5.49. The fourth-order valence-corrected chi connectivity index (χ4v) is 2.80. The topological polar surface area (TPSA) is 44.8 Å². The number of carbonyl (C=O) groups is 1. The highest BCUT2D eigenvalue weighted by molar-refractivity contribution is 6.15. The van der Waals surface area contributed by atoms with Gasteiger partial charge in [0, 0.05) is 17.6 Å². The third kappa shape index (κ3) is 3.47. The van der Waals surface area contributed by atoms with E-state index in [-0.39, 0.29) is 11.5 Å². The Morgan fingerprint density at radius 2 is 1.68 bits per heavy atom. The van der Waals surface area contributed by atoms with Crippen LogP contribution < -0.4 is 14.2 Å². The molecule has 0 aromatic heterocycles. The summed E-state index contributed by atoms with van der Waals surface area (Å²) < 4.78 is 39.2. The highest BCUT2D eigenvalue weighted by atomic mass is 19.3. The van der Waals surface area contributed by atoms with Crippen molar-refractivity contribution in [1.82, 2.24) is 0 Å². The molecule has 130 valence electrons. The van der Waals surface area contributed by atoms with E-state index in [1.165, 1.54) is 19.2 Å². The van der Waals surface area contributed by atoms with E-state index in [9.17, 15) is 13.6 Å². The van der Waals surface area contributed by atoms with Gasteiger partial charge in [0.15, 0.2) is 17.3 Å². The van der Waals surface area contributed by atoms with Gasteiger partial charge in [-0.15, -0.1) is 0 Å². The van der Waals surface area contributed by atoms with Crippen LogP contribution in [0.15, 0.2) is 42.0 Å². The summed E-state index contributed by atoms with van der Waals surface area (Å²) in [5.41, 5.74) is 2.80. The predicted molar refractivity (Wildman–Crippen MR) is 88.6 cm³/mol. The molecule has 2 aromatic rings. The molecular weight excluding hydrogens is 330 g/mol. The molecule has 0 radical (unpaired) electrons. The molecular formula is C19H16F2O4. The molecule has 0 aliphatic heterocycles. The summed E-state index contributed by atoms with van der Waals surface area (Å²) in [6.07, 6.45) is 2.22. The lowest BCUT2D eigenvalue weighted by molar-refractivity contribution is -0.0498. The van der Waals surface area contributed by atoms with Crippen molar-refractivity contribution < 1.29 is 27.8 Å². The summed E-state index contributed by atoms with van der Waals surface area (Å²) in [7, 11) is 3.06. The number of hydrogen-bond donors (Lipinski definition) is 0. The van der Waals surface area contributed by atoms with Crippen molar-refractivity contribution in [3.63, 3.8) is 0 Å². The molecule has 0 N–H and O–H groups in total. The van der Waals surface area contributed by atoms with Gasteiger partial charge in [0.05, 0.1) is 14.2 Å². The molecule has 4 nitrogen and oxygen atoms in total. The van der Waals surface area contributed by atoms with Gasteiger partial charge in [0.2, 0.25) is 0 Å². The van der Waals surface area contributed by atoms with E-state index in [2.05, 4.69) is 4.74 Å². The third-order valence-electron chi connectivity index (χ3n) is 3.97. The predicted octanol–water partition coefficient (Wildman–Crippen LogP) is 4.13. The van der Waals surface area contributed by atoms with Crippen LogP contribution in [0.5, 0.6) is 17.2 Å². The minimum Gasteiger partial charge on any atom is -0.493 e. The number of carbonyl (C=O) groups excluding carboxylic acids is 1. The van der Waals surface area contributed by atoms with Crippen LogP contribution in [0.25, 0.3) is 6.08 Å². The first-order valence-corrected chi connectivity index (χ1v) is 7.57. The lowest BCUT2D eigenvalue weighted by Crippen LogP contribution is -2.01. The Labute approximate surface area is 143 Å². The maximum absolute atomic E-state index is 12.6. The van der Waals surface area contributed by atoms with Crippen molar-refractivity contribution >= 4 is 11.9 Å². The van der Waals surface area contributed by atoms with Gasteiger partial charge >= 0.3 is 6.61 Å². The van der Waals surface area contributed by atoms with Crippen LogP contribution in [-0.4, -0.2) is 26.6 Å². The van der Waals surface area contributed by atoms with Gasteiger partial charge in [0.25, 0.3) is 0 Å². The summed E-state index contributed by atoms with van der Waals surface area (Å²) >= 11 is 0. The molecule has 0 unspecified atom stereocenters. The van der Waals surface area contributed by atoms with Crippen molar-refractivity contribution in [3.05, 3.63) is 58.7 Å². The van der Waals surface area contributed by atoms with E-state index in [0.29, 0.717) is 29.1 Å². The number of methoxy groups -OCH3 is 2. The molecule has 0 heterocycles. The van der Waals surface area contributed by atoms with Gasteiger partial charge in [-0.1, -0.05) is 12.1 Å². The number of halogens is 2. The van der Waals surface area contributed by atoms with Crippen LogP contribution in [0.3, 0.4) is 0 Å². The molecule has 0 spiro atoms. The smallest absolute Gasteiger partial charge is 0.387 e. The molecule has 25 heavy (non-hydrogen) atoms. The van der Waals surface area contributed by atoms with E-state index < -0.39 is 6.61 Å². The zero-order valence-corrected chi connectivity index (χ0v) is 13.7. The quantitative estimate of drug-likeness (QED) is 0.764. The van der Waals surface area contributed by atoms with Crippen molar-refractivity contribution in [2.45, 2.75) is 13.0 Å². The molecule has 3 rings (SSSR count). The maximum atomic E-state index is 12.6. The molecule has 0 saturated heterocycles. The minimum atomic E-state index is -2.86. The van der Waals surface area contributed by atoms with E-state index in [1.807, 2.05) is 0 Å². The third-order valence-corrected chi connectivity index (χ3v) is 3.97. The lowest BCUT2D eigenvalue weighted by atomic mass is 10.1. The Kier molecular flexibility index (Phi) is 4.70. The molecule has 1 aliphatic rings. The Hall–Kier alpha value is -2.89. The monoisotopic (exact) mass is 346 g/mol. The number of benzene rings is 2. The highest BCUT2D eigenvalue weighted by Gasteiger charge is 2.27. The largest absolute Gasteiger partial charge is 0.493 e. The number of allylic oxidation sites excluding steroid dienone is 1. The van der Waals surface area contributed by atoms with E-state index in [4.69, 9.17) is 9.47 Å². The zero-order chi connectivity index (χ0) is 18.0. The number of Topliss-reactive ketones (excluding diaryl/α,β-unsaturated/α-hetero) is 1. The Morgan fingerprint density at radius 1 is 1.04 bits per heavy atom. The van der Waals surface area contributed by atoms with Crippen LogP contribution in [0.4, 0.5) is 8.78 Å². The van der Waals surface area contributed by atoms with Crippen LogP contribution in [0.2, 0.25) is 0 Å². The van der Waals surface area contributed by atoms with Crippen molar-refractivity contribution in [1.29, 1.82) is 0 Å². The molecule has 1 aliphatic carbocycles. The van der Waals surface area contributed by atoms with E-state index in [0.717, 1.165) is 11.1 Å². The fourth-order valence-electron chi connectivity index (χ4n) is 2.80. The molecule has 0 saturated carbocycles. The second-order valence-corrected chi connectivity index (χ2v) is 5.49. The molecule has 0 bridgehead atoms. The maximum Gasteiger partial charge on any atom is 0.387 e. The van der Waals surface area contributed by atoms with Crippen LogP contribution in [0, 0.1) is 0 Å². The number of alkyl halides is 2. The zero-order valence-electron chi connectivity index (χ0n) is 13.7. The van der Waals surface area contributed by atoms with Gasteiger partial charge in [-0.25, -0.2) is 0 Å². The van der Waals surface area contributed by atoms with Crippen LogP contribution in [-0.2, 0) is 6.42 Å². The summed E-state index contributed by atoms with van der Waals surface area (Å²) in [5, 5.41) is 0. The molecule has 0 fully saturated rings. The lowest BCUT2D eigenvalue weighted by Gasteiger charge is -2.08. The SMILES string of the molecule is COc1cc2c(cc1OC)C(=O)C(=Cc1ccc(OC(F)F)cc1)C2. The number of fused-ring (bicyclic) bond motifs is 1. The molecule has 6 heteroatoms. The minimum absolute atomic E-state index is 0.0765. The van der Waals surface area contributed by atoms with Gasteiger partial charge in [-0.2, -0.15) is 8.78 Å². The summed E-state index contributed by atoms with van der Waals surface area (Å²) in [4.78, 5) is 12.6. The second kappa shape index (κ2) is 6.93. The first kappa shape index (κ1) is 17.0.